The van der Waals surface area contributed by atoms with Gasteiger partial charge in [0, 0.05) is 22.8 Å². The van der Waals surface area contributed by atoms with E-state index in [0.717, 1.165) is 22.5 Å². The number of nitrogens with one attached hydrogen (secondary N) is 1. The summed E-state index contributed by atoms with van der Waals surface area (Å²) in [6.07, 6.45) is 1.55. The van der Waals surface area contributed by atoms with Crippen LogP contribution in [0, 0.1) is 39.0 Å². The SMILES string of the molecule is Cc1cccc(NC(=O)/C(C#N)=C\c2cc(C)n(-c3ccc(C(=O)O)c(Cl)c3)c2C)c1C. The monoisotopic (exact) mass is 447 g/mol. The first-order valence-corrected chi connectivity index (χ1v) is 10.2. The number of carbonyl (C=O) groups excluding carboxylic acids is 1. The molecule has 32 heavy (non-hydrogen) atoms. The second-order valence-electron chi connectivity index (χ2n) is 7.50. The van der Waals surface area contributed by atoms with E-state index in [-0.39, 0.29) is 16.2 Å². The fourth-order valence-corrected chi connectivity index (χ4v) is 3.78. The molecule has 0 bridgehead atoms. The third-order valence-electron chi connectivity index (χ3n) is 5.43. The molecule has 0 radical (unpaired) electrons. The van der Waals surface area contributed by atoms with Gasteiger partial charge in [-0.1, -0.05) is 23.7 Å². The summed E-state index contributed by atoms with van der Waals surface area (Å²) < 4.78 is 1.89. The summed E-state index contributed by atoms with van der Waals surface area (Å²) in [6, 6.07) is 14.1. The van der Waals surface area contributed by atoms with Crippen molar-refractivity contribution in [1.29, 1.82) is 5.26 Å². The number of aromatic nitrogens is 1. The van der Waals surface area contributed by atoms with Gasteiger partial charge in [0.2, 0.25) is 0 Å². The van der Waals surface area contributed by atoms with Crippen LogP contribution < -0.4 is 5.32 Å². The molecule has 2 N–H and O–H groups in total. The van der Waals surface area contributed by atoms with Gasteiger partial charge in [-0.3, -0.25) is 4.79 Å². The molecule has 1 aromatic heterocycles. The molecule has 0 fully saturated rings. The van der Waals surface area contributed by atoms with E-state index in [2.05, 4.69) is 5.32 Å². The van der Waals surface area contributed by atoms with Crippen molar-refractivity contribution in [2.45, 2.75) is 27.7 Å². The van der Waals surface area contributed by atoms with Gasteiger partial charge in [-0.2, -0.15) is 5.26 Å². The van der Waals surface area contributed by atoms with E-state index in [9.17, 15) is 20.0 Å². The second-order valence-corrected chi connectivity index (χ2v) is 7.91. The molecule has 2 aromatic carbocycles. The van der Waals surface area contributed by atoms with Crippen molar-refractivity contribution in [2.75, 3.05) is 5.32 Å². The molecule has 162 valence electrons. The number of nitriles is 1. The summed E-state index contributed by atoms with van der Waals surface area (Å²) in [5.41, 5.74) is 5.67. The molecule has 0 saturated heterocycles. The highest BCUT2D eigenvalue weighted by molar-refractivity contribution is 6.33. The van der Waals surface area contributed by atoms with Gasteiger partial charge < -0.3 is 15.0 Å². The third kappa shape index (κ3) is 4.43. The largest absolute Gasteiger partial charge is 0.478 e. The van der Waals surface area contributed by atoms with Crippen LogP contribution in [0.4, 0.5) is 5.69 Å². The molecule has 6 nitrogen and oxygen atoms in total. The minimum atomic E-state index is -1.10. The molecule has 0 saturated carbocycles. The van der Waals surface area contributed by atoms with E-state index in [1.54, 1.807) is 24.3 Å². The van der Waals surface area contributed by atoms with Crippen LogP contribution in [0.15, 0.2) is 48.0 Å². The smallest absolute Gasteiger partial charge is 0.337 e. The highest BCUT2D eigenvalue weighted by atomic mass is 35.5. The zero-order chi connectivity index (χ0) is 23.6. The molecule has 0 aliphatic rings. The van der Waals surface area contributed by atoms with Crippen LogP contribution >= 0.6 is 11.6 Å². The predicted octanol–water partition coefficient (Wildman–Crippen LogP) is 5.61. The van der Waals surface area contributed by atoms with Crippen molar-refractivity contribution in [2.24, 2.45) is 0 Å². The first kappa shape index (κ1) is 22.9. The molecule has 0 aliphatic heterocycles. The molecule has 1 amide bonds. The number of aromatic carboxylic acids is 1. The van der Waals surface area contributed by atoms with Crippen LogP contribution in [0.1, 0.15) is 38.4 Å². The minimum Gasteiger partial charge on any atom is -0.478 e. The Bertz CT molecular complexity index is 1310. The molecular weight excluding hydrogens is 426 g/mol. The van der Waals surface area contributed by atoms with Crippen molar-refractivity contribution < 1.29 is 14.7 Å². The Morgan fingerprint density at radius 3 is 2.47 bits per heavy atom. The van der Waals surface area contributed by atoms with Gasteiger partial charge in [0.25, 0.3) is 5.91 Å². The van der Waals surface area contributed by atoms with Crippen LogP contribution in [0.25, 0.3) is 11.8 Å². The average Bonchev–Trinajstić information content (AvgIpc) is 3.02. The van der Waals surface area contributed by atoms with Crippen molar-refractivity contribution in [3.63, 3.8) is 0 Å². The summed E-state index contributed by atoms with van der Waals surface area (Å²) in [4.78, 5) is 24.0. The number of carboxylic acids is 1. The highest BCUT2D eigenvalue weighted by Gasteiger charge is 2.16. The lowest BCUT2D eigenvalue weighted by atomic mass is 10.1. The molecule has 0 atom stereocenters. The number of rotatable bonds is 5. The Morgan fingerprint density at radius 2 is 1.84 bits per heavy atom. The fourth-order valence-electron chi connectivity index (χ4n) is 3.53. The topological polar surface area (TPSA) is 95.1 Å². The molecule has 3 rings (SSSR count). The van der Waals surface area contributed by atoms with E-state index in [1.807, 2.05) is 56.5 Å². The van der Waals surface area contributed by atoms with Crippen LogP contribution in [0.2, 0.25) is 5.02 Å². The molecule has 0 spiro atoms. The number of carbonyl (C=O) groups is 2. The van der Waals surface area contributed by atoms with Crippen molar-refractivity contribution in [3.05, 3.63) is 86.7 Å². The lowest BCUT2D eigenvalue weighted by Crippen LogP contribution is -2.14. The third-order valence-corrected chi connectivity index (χ3v) is 5.74. The molecule has 3 aromatic rings. The first-order valence-electron chi connectivity index (χ1n) is 9.85. The minimum absolute atomic E-state index is 0.0212. The lowest BCUT2D eigenvalue weighted by molar-refractivity contribution is -0.112. The van der Waals surface area contributed by atoms with E-state index in [1.165, 1.54) is 6.07 Å². The molecule has 0 aliphatic carbocycles. The Hall–Kier alpha value is -3.82. The maximum absolute atomic E-state index is 12.7. The summed E-state index contributed by atoms with van der Waals surface area (Å²) in [5.74, 6) is -1.58. The van der Waals surface area contributed by atoms with Crippen molar-refractivity contribution in [1.82, 2.24) is 4.57 Å². The lowest BCUT2D eigenvalue weighted by Gasteiger charge is -2.11. The van der Waals surface area contributed by atoms with E-state index in [4.69, 9.17) is 11.6 Å². The summed E-state index contributed by atoms with van der Waals surface area (Å²) in [6.45, 7) is 7.60. The summed E-state index contributed by atoms with van der Waals surface area (Å²) in [5, 5.41) is 21.7. The number of hydrogen-bond acceptors (Lipinski definition) is 3. The molecule has 7 heteroatoms. The average molecular weight is 448 g/mol. The summed E-state index contributed by atoms with van der Waals surface area (Å²) >= 11 is 6.13. The zero-order valence-electron chi connectivity index (χ0n) is 18.2. The Balaban J connectivity index is 1.97. The van der Waals surface area contributed by atoms with Gasteiger partial charge in [0.15, 0.2) is 0 Å². The highest BCUT2D eigenvalue weighted by Crippen LogP contribution is 2.27. The Morgan fingerprint density at radius 1 is 1.12 bits per heavy atom. The van der Waals surface area contributed by atoms with Crippen LogP contribution in [0.5, 0.6) is 0 Å². The van der Waals surface area contributed by atoms with Crippen LogP contribution in [0.3, 0.4) is 0 Å². The van der Waals surface area contributed by atoms with Crippen molar-refractivity contribution in [3.8, 4) is 11.8 Å². The number of aryl methyl sites for hydroxylation is 2. The van der Waals surface area contributed by atoms with Gasteiger partial charge in [0.05, 0.1) is 10.6 Å². The molecule has 0 unspecified atom stereocenters. The number of halogens is 1. The van der Waals surface area contributed by atoms with E-state index >= 15 is 0 Å². The number of hydrogen-bond donors (Lipinski definition) is 2. The standard InChI is InChI=1S/C25H22ClN3O3/c1-14-6-5-7-23(16(14)3)28-24(30)19(13-27)11-18-10-15(2)29(17(18)4)20-8-9-21(25(31)32)22(26)12-20/h5-12H,1-4H3,(H,28,30)(H,31,32)/b19-11-. The van der Waals surface area contributed by atoms with Crippen molar-refractivity contribution >= 4 is 35.2 Å². The number of carboxylic acid groups (broad SMARTS) is 1. The first-order chi connectivity index (χ1) is 15.1. The summed E-state index contributed by atoms with van der Waals surface area (Å²) in [7, 11) is 0. The maximum Gasteiger partial charge on any atom is 0.337 e. The number of anilines is 1. The van der Waals surface area contributed by atoms with E-state index < -0.39 is 11.9 Å². The van der Waals surface area contributed by atoms with Crippen LogP contribution in [-0.2, 0) is 4.79 Å². The quantitative estimate of drug-likeness (QED) is 0.392. The number of nitrogens with zero attached hydrogens (tertiary/aromatic N) is 2. The normalized spacial score (nSPS) is 11.2. The second kappa shape index (κ2) is 9.13. The number of amides is 1. The number of benzene rings is 2. The Labute approximate surface area is 191 Å². The van der Waals surface area contributed by atoms with Gasteiger partial charge in [0.1, 0.15) is 11.6 Å². The van der Waals surface area contributed by atoms with Gasteiger partial charge in [-0.25, -0.2) is 4.79 Å². The molecule has 1 heterocycles. The zero-order valence-corrected chi connectivity index (χ0v) is 18.9. The predicted molar refractivity (Wildman–Crippen MR) is 125 cm³/mol. The van der Waals surface area contributed by atoms with Gasteiger partial charge in [-0.05, 0) is 80.8 Å². The fraction of sp³-hybridized carbons (Fsp3) is 0.160. The Kier molecular flexibility index (Phi) is 6.52. The van der Waals surface area contributed by atoms with Gasteiger partial charge in [-0.15, -0.1) is 0 Å². The molecular formula is C25H22ClN3O3. The van der Waals surface area contributed by atoms with Gasteiger partial charge >= 0.3 is 5.97 Å². The maximum atomic E-state index is 12.7. The van der Waals surface area contributed by atoms with Crippen LogP contribution in [-0.4, -0.2) is 21.6 Å². The van der Waals surface area contributed by atoms with E-state index in [0.29, 0.717) is 16.9 Å².